The highest BCUT2D eigenvalue weighted by Crippen LogP contribution is 2.32. The number of aryl methyl sites for hydroxylation is 1. The molecule has 1 fully saturated rings. The Hall–Kier alpha value is -1.23. The second kappa shape index (κ2) is 9.51. The van der Waals surface area contributed by atoms with Crippen molar-refractivity contribution in [2.45, 2.75) is 11.8 Å². The number of sulfonamides is 1. The van der Waals surface area contributed by atoms with Gasteiger partial charge in [-0.05, 0) is 72.5 Å². The second-order valence-corrected chi connectivity index (χ2v) is 9.62. The largest absolute Gasteiger partial charge is 0.495 e. The van der Waals surface area contributed by atoms with Crippen molar-refractivity contribution in [3.8, 4) is 5.75 Å². The van der Waals surface area contributed by atoms with Crippen molar-refractivity contribution in [3.05, 3.63) is 45.5 Å². The Balaban J connectivity index is 0.00000280. The van der Waals surface area contributed by atoms with Gasteiger partial charge in [0.05, 0.1) is 23.4 Å². The molecule has 0 radical (unpaired) electrons. The number of hydrogen-bond donors (Lipinski definition) is 1. The second-order valence-electron chi connectivity index (χ2n) is 6.69. The van der Waals surface area contributed by atoms with E-state index in [9.17, 15) is 8.42 Å². The number of methoxy groups -OCH3 is 1. The van der Waals surface area contributed by atoms with Gasteiger partial charge in [-0.25, -0.2) is 8.42 Å². The fraction of sp³-hybridized carbons (Fsp3) is 0.368. The van der Waals surface area contributed by atoms with Crippen LogP contribution in [0.25, 0.3) is 0 Å². The highest BCUT2D eigenvalue weighted by molar-refractivity contribution is 14.1. The van der Waals surface area contributed by atoms with Crippen LogP contribution in [0.4, 0.5) is 11.4 Å². The van der Waals surface area contributed by atoms with Gasteiger partial charge in [-0.15, -0.1) is 12.4 Å². The molecule has 28 heavy (non-hydrogen) atoms. The fourth-order valence-corrected chi connectivity index (χ4v) is 4.67. The summed E-state index contributed by atoms with van der Waals surface area (Å²) < 4.78 is 35.1. The maximum Gasteiger partial charge on any atom is 0.261 e. The van der Waals surface area contributed by atoms with Gasteiger partial charge in [0.1, 0.15) is 5.75 Å². The van der Waals surface area contributed by atoms with Gasteiger partial charge in [0.25, 0.3) is 10.0 Å². The SMILES string of the molecule is COc1ccc(S(=O)(=O)Nc2cc(I)ccc2C)cc1N1CCN(C)CC1.Cl. The van der Waals surface area contributed by atoms with Crippen molar-refractivity contribution < 1.29 is 13.2 Å². The van der Waals surface area contributed by atoms with Crippen LogP contribution in [-0.4, -0.2) is 53.7 Å². The summed E-state index contributed by atoms with van der Waals surface area (Å²) in [6, 6.07) is 10.7. The minimum Gasteiger partial charge on any atom is -0.495 e. The van der Waals surface area contributed by atoms with Crippen molar-refractivity contribution in [2.24, 2.45) is 0 Å². The van der Waals surface area contributed by atoms with Gasteiger partial charge >= 0.3 is 0 Å². The molecule has 0 amide bonds. The maximum atomic E-state index is 13.0. The monoisotopic (exact) mass is 537 g/mol. The number of piperazine rings is 1. The van der Waals surface area contributed by atoms with Crippen molar-refractivity contribution in [1.82, 2.24) is 4.90 Å². The molecule has 3 rings (SSSR count). The van der Waals surface area contributed by atoms with E-state index in [1.807, 2.05) is 25.1 Å². The lowest BCUT2D eigenvalue weighted by molar-refractivity contribution is 0.311. The average molecular weight is 538 g/mol. The van der Waals surface area contributed by atoms with E-state index in [1.165, 1.54) is 0 Å². The summed E-state index contributed by atoms with van der Waals surface area (Å²) >= 11 is 2.17. The van der Waals surface area contributed by atoms with E-state index < -0.39 is 10.0 Å². The number of likely N-dealkylation sites (N-methyl/N-ethyl adjacent to an activating group) is 1. The van der Waals surface area contributed by atoms with Crippen LogP contribution in [0.2, 0.25) is 0 Å². The quantitative estimate of drug-likeness (QED) is 0.591. The molecule has 6 nitrogen and oxygen atoms in total. The average Bonchev–Trinajstić information content (AvgIpc) is 2.64. The third-order valence-corrected chi connectivity index (χ3v) is 6.78. The smallest absolute Gasteiger partial charge is 0.261 e. The molecule has 0 spiro atoms. The van der Waals surface area contributed by atoms with Crippen LogP contribution in [0.15, 0.2) is 41.3 Å². The predicted molar refractivity (Wildman–Crippen MR) is 125 cm³/mol. The minimum atomic E-state index is -3.70. The van der Waals surface area contributed by atoms with E-state index in [0.29, 0.717) is 11.4 Å². The van der Waals surface area contributed by atoms with Gasteiger partial charge in [0.15, 0.2) is 0 Å². The lowest BCUT2D eigenvalue weighted by atomic mass is 10.2. The van der Waals surface area contributed by atoms with Crippen LogP contribution in [0.1, 0.15) is 5.56 Å². The molecule has 0 bridgehead atoms. The number of anilines is 2. The Bertz CT molecular complexity index is 932. The van der Waals surface area contributed by atoms with Crippen molar-refractivity contribution in [3.63, 3.8) is 0 Å². The zero-order chi connectivity index (χ0) is 19.6. The molecule has 2 aromatic carbocycles. The van der Waals surface area contributed by atoms with Gasteiger partial charge in [-0.1, -0.05) is 6.07 Å². The van der Waals surface area contributed by atoms with E-state index in [2.05, 4.69) is 44.2 Å². The van der Waals surface area contributed by atoms with Crippen molar-refractivity contribution >= 4 is 56.4 Å². The van der Waals surface area contributed by atoms with E-state index in [-0.39, 0.29) is 17.3 Å². The van der Waals surface area contributed by atoms with Crippen LogP contribution in [0.3, 0.4) is 0 Å². The van der Waals surface area contributed by atoms with Gasteiger partial charge in [0.2, 0.25) is 0 Å². The molecular formula is C19H25ClIN3O3S. The number of nitrogens with one attached hydrogen (secondary N) is 1. The van der Waals surface area contributed by atoms with Gasteiger partial charge in [-0.3, -0.25) is 4.72 Å². The lowest BCUT2D eigenvalue weighted by Crippen LogP contribution is -2.44. The Morgan fingerprint density at radius 2 is 1.75 bits per heavy atom. The Morgan fingerprint density at radius 1 is 1.07 bits per heavy atom. The zero-order valence-corrected chi connectivity index (χ0v) is 19.9. The summed E-state index contributed by atoms with van der Waals surface area (Å²) in [4.78, 5) is 4.66. The summed E-state index contributed by atoms with van der Waals surface area (Å²) in [6.45, 7) is 5.41. The third-order valence-electron chi connectivity index (χ3n) is 4.75. The Kier molecular flexibility index (Phi) is 7.83. The van der Waals surface area contributed by atoms with Crippen LogP contribution in [0.5, 0.6) is 5.75 Å². The molecule has 154 valence electrons. The van der Waals surface area contributed by atoms with E-state index in [0.717, 1.165) is 41.0 Å². The molecule has 1 heterocycles. The summed E-state index contributed by atoms with van der Waals surface area (Å²) in [7, 11) is -0.00150. The van der Waals surface area contributed by atoms with Crippen molar-refractivity contribution in [1.29, 1.82) is 0 Å². The first-order chi connectivity index (χ1) is 12.8. The molecule has 1 aliphatic rings. The van der Waals surface area contributed by atoms with E-state index >= 15 is 0 Å². The van der Waals surface area contributed by atoms with Crippen LogP contribution >= 0.6 is 35.0 Å². The fourth-order valence-electron chi connectivity index (χ4n) is 3.04. The van der Waals surface area contributed by atoms with E-state index in [4.69, 9.17) is 4.74 Å². The minimum absolute atomic E-state index is 0. The number of nitrogens with zero attached hydrogens (tertiary/aromatic N) is 2. The van der Waals surface area contributed by atoms with Crippen LogP contribution < -0.4 is 14.4 Å². The molecule has 0 aromatic heterocycles. The molecule has 0 saturated carbocycles. The standard InChI is InChI=1S/C19H24IN3O3S.ClH/c1-14-4-5-15(20)12-17(14)21-27(24,25)16-6-7-19(26-3)18(13-16)23-10-8-22(2)9-11-23;/h4-7,12-13,21H,8-11H2,1-3H3;1H. The first-order valence-electron chi connectivity index (χ1n) is 8.70. The predicted octanol–water partition coefficient (Wildman–Crippen LogP) is 3.58. The molecule has 1 aliphatic heterocycles. The molecule has 2 aromatic rings. The third kappa shape index (κ3) is 5.22. The Morgan fingerprint density at radius 3 is 2.39 bits per heavy atom. The molecule has 0 aliphatic carbocycles. The number of hydrogen-bond acceptors (Lipinski definition) is 5. The number of ether oxygens (including phenoxy) is 1. The summed E-state index contributed by atoms with van der Waals surface area (Å²) in [5.74, 6) is 0.684. The molecule has 1 saturated heterocycles. The van der Waals surface area contributed by atoms with Crippen LogP contribution in [-0.2, 0) is 10.0 Å². The molecule has 0 atom stereocenters. The summed E-state index contributed by atoms with van der Waals surface area (Å²) in [5.41, 5.74) is 2.29. The van der Waals surface area contributed by atoms with Crippen molar-refractivity contribution in [2.75, 3.05) is 50.0 Å². The van der Waals surface area contributed by atoms with Crippen LogP contribution in [0, 0.1) is 10.5 Å². The number of halogens is 2. The van der Waals surface area contributed by atoms with Gasteiger partial charge < -0.3 is 14.5 Å². The number of benzene rings is 2. The summed E-state index contributed by atoms with van der Waals surface area (Å²) in [6.07, 6.45) is 0. The Labute approximate surface area is 186 Å². The van der Waals surface area contributed by atoms with E-state index in [1.54, 1.807) is 25.3 Å². The molecule has 9 heteroatoms. The highest BCUT2D eigenvalue weighted by Gasteiger charge is 2.22. The highest BCUT2D eigenvalue weighted by atomic mass is 127. The molecular weight excluding hydrogens is 513 g/mol. The normalized spacial score (nSPS) is 15.1. The zero-order valence-electron chi connectivity index (χ0n) is 16.1. The first-order valence-corrected chi connectivity index (χ1v) is 11.3. The lowest BCUT2D eigenvalue weighted by Gasteiger charge is -2.34. The molecule has 0 unspecified atom stereocenters. The molecule has 1 N–H and O–H groups in total. The maximum absolute atomic E-state index is 13.0. The number of rotatable bonds is 5. The first kappa shape index (κ1) is 23.1. The van der Waals surface area contributed by atoms with Gasteiger partial charge in [-0.2, -0.15) is 0 Å². The van der Waals surface area contributed by atoms with Gasteiger partial charge in [0, 0.05) is 29.7 Å². The summed E-state index contributed by atoms with van der Waals surface area (Å²) in [5, 5.41) is 0. The topological polar surface area (TPSA) is 61.9 Å².